The Morgan fingerprint density at radius 3 is 2.42 bits per heavy atom. The molecule has 0 saturated heterocycles. The second kappa shape index (κ2) is 7.78. The van der Waals surface area contributed by atoms with Crippen molar-refractivity contribution >= 4 is 27.3 Å². The zero-order chi connectivity index (χ0) is 19.5. The van der Waals surface area contributed by atoms with E-state index >= 15 is 0 Å². The summed E-state index contributed by atoms with van der Waals surface area (Å²) >= 11 is 0. The normalized spacial score (nSPS) is 12.3. The zero-order valence-corrected chi connectivity index (χ0v) is 16.4. The van der Waals surface area contributed by atoms with Gasteiger partial charge in [0.15, 0.2) is 0 Å². The first-order chi connectivity index (χ1) is 12.1. The fourth-order valence-electron chi connectivity index (χ4n) is 2.68. The number of rotatable bonds is 6. The van der Waals surface area contributed by atoms with E-state index in [1.54, 1.807) is 37.3 Å². The van der Waals surface area contributed by atoms with E-state index in [2.05, 4.69) is 5.32 Å². The molecule has 0 bridgehead atoms. The number of sulfonamides is 1. The quantitative estimate of drug-likeness (QED) is 0.840. The zero-order valence-electron chi connectivity index (χ0n) is 15.6. The van der Waals surface area contributed by atoms with Crippen molar-refractivity contribution in [1.29, 1.82) is 0 Å². The van der Waals surface area contributed by atoms with Crippen LogP contribution in [0, 0.1) is 13.8 Å². The van der Waals surface area contributed by atoms with Crippen LogP contribution in [0.5, 0.6) is 5.75 Å². The number of hydrogen-bond acceptors (Lipinski definition) is 4. The maximum Gasteiger partial charge on any atom is 0.248 e. The summed E-state index contributed by atoms with van der Waals surface area (Å²) in [5.41, 5.74) is 3.03. The molecule has 26 heavy (non-hydrogen) atoms. The lowest BCUT2D eigenvalue weighted by atomic mass is 10.1. The van der Waals surface area contributed by atoms with E-state index < -0.39 is 22.0 Å². The van der Waals surface area contributed by atoms with Crippen LogP contribution in [-0.4, -0.2) is 33.7 Å². The summed E-state index contributed by atoms with van der Waals surface area (Å²) in [6, 6.07) is 11.3. The van der Waals surface area contributed by atoms with Crippen LogP contribution in [0.3, 0.4) is 0 Å². The molecule has 2 aromatic rings. The Labute approximate surface area is 154 Å². The third-order valence-corrected chi connectivity index (χ3v) is 5.50. The summed E-state index contributed by atoms with van der Waals surface area (Å²) in [7, 11) is -2.18. The summed E-state index contributed by atoms with van der Waals surface area (Å²) in [5.74, 6) is 0.102. The van der Waals surface area contributed by atoms with E-state index in [9.17, 15) is 13.2 Å². The van der Waals surface area contributed by atoms with E-state index in [1.165, 1.54) is 7.11 Å². The highest BCUT2D eigenvalue weighted by Crippen LogP contribution is 2.26. The van der Waals surface area contributed by atoms with Gasteiger partial charge in [0, 0.05) is 11.8 Å². The number of methoxy groups -OCH3 is 1. The SMILES string of the molecule is COc1cccc(N([C@H](C)C(=O)Nc2cccc(C)c2C)S(C)(=O)=O)c1. The van der Waals surface area contributed by atoms with E-state index in [1.807, 2.05) is 26.0 Å². The smallest absolute Gasteiger partial charge is 0.248 e. The first-order valence-electron chi connectivity index (χ1n) is 8.15. The van der Waals surface area contributed by atoms with Crippen molar-refractivity contribution in [2.45, 2.75) is 26.8 Å². The summed E-state index contributed by atoms with van der Waals surface area (Å²) in [4.78, 5) is 12.7. The van der Waals surface area contributed by atoms with Crippen LogP contribution in [0.25, 0.3) is 0 Å². The number of aryl methyl sites for hydroxylation is 1. The minimum Gasteiger partial charge on any atom is -0.497 e. The first kappa shape index (κ1) is 19.8. The molecule has 2 rings (SSSR count). The van der Waals surface area contributed by atoms with Crippen LogP contribution in [0.4, 0.5) is 11.4 Å². The van der Waals surface area contributed by atoms with Gasteiger partial charge in [-0.2, -0.15) is 0 Å². The molecule has 0 unspecified atom stereocenters. The van der Waals surface area contributed by atoms with Gasteiger partial charge in [-0.1, -0.05) is 18.2 Å². The van der Waals surface area contributed by atoms with Crippen molar-refractivity contribution in [3.8, 4) is 5.75 Å². The molecule has 140 valence electrons. The van der Waals surface area contributed by atoms with Gasteiger partial charge < -0.3 is 10.1 Å². The second-order valence-electron chi connectivity index (χ2n) is 6.17. The highest BCUT2D eigenvalue weighted by atomic mass is 32.2. The minimum atomic E-state index is -3.68. The molecule has 1 atom stereocenters. The average molecular weight is 376 g/mol. The largest absolute Gasteiger partial charge is 0.497 e. The molecule has 0 fully saturated rings. The lowest BCUT2D eigenvalue weighted by Gasteiger charge is -2.28. The van der Waals surface area contributed by atoms with Crippen LogP contribution in [0.2, 0.25) is 0 Å². The van der Waals surface area contributed by atoms with E-state index in [4.69, 9.17) is 4.74 Å². The monoisotopic (exact) mass is 376 g/mol. The lowest BCUT2D eigenvalue weighted by Crippen LogP contribution is -2.45. The van der Waals surface area contributed by atoms with Gasteiger partial charge in [0.05, 0.1) is 19.1 Å². The number of amides is 1. The maximum absolute atomic E-state index is 12.7. The van der Waals surface area contributed by atoms with Gasteiger partial charge in [-0.25, -0.2) is 8.42 Å². The van der Waals surface area contributed by atoms with Crippen molar-refractivity contribution < 1.29 is 17.9 Å². The Kier molecular flexibility index (Phi) is 5.92. The molecule has 0 radical (unpaired) electrons. The van der Waals surface area contributed by atoms with Crippen LogP contribution < -0.4 is 14.4 Å². The number of benzene rings is 2. The molecule has 1 N–H and O–H groups in total. The van der Waals surface area contributed by atoms with Crippen molar-refractivity contribution in [2.75, 3.05) is 23.0 Å². The van der Waals surface area contributed by atoms with E-state index in [0.29, 0.717) is 17.1 Å². The lowest BCUT2D eigenvalue weighted by molar-refractivity contribution is -0.116. The topological polar surface area (TPSA) is 75.7 Å². The Morgan fingerprint density at radius 2 is 1.81 bits per heavy atom. The molecule has 2 aromatic carbocycles. The summed E-state index contributed by atoms with van der Waals surface area (Å²) in [6.45, 7) is 5.42. The molecule has 0 aliphatic heterocycles. The third kappa shape index (κ3) is 4.35. The molecule has 0 aromatic heterocycles. The van der Waals surface area contributed by atoms with Crippen LogP contribution in [0.1, 0.15) is 18.1 Å². The molecule has 7 heteroatoms. The molecule has 1 amide bonds. The Balaban J connectivity index is 2.36. The van der Waals surface area contributed by atoms with Crippen molar-refractivity contribution in [3.63, 3.8) is 0 Å². The number of carbonyl (C=O) groups excluding carboxylic acids is 1. The number of carbonyl (C=O) groups is 1. The Morgan fingerprint density at radius 1 is 1.15 bits per heavy atom. The minimum absolute atomic E-state index is 0.371. The summed E-state index contributed by atoms with van der Waals surface area (Å²) < 4.78 is 31.0. The molecule has 0 heterocycles. The standard InChI is InChI=1S/C19H24N2O4S/c1-13-8-6-11-18(14(13)2)20-19(22)15(3)21(26(5,23)24)16-9-7-10-17(12-16)25-4/h6-12,15H,1-5H3,(H,20,22)/t15-/m1/s1. The Bertz CT molecular complexity index is 910. The molecule has 6 nitrogen and oxygen atoms in total. The van der Waals surface area contributed by atoms with Crippen LogP contribution in [-0.2, 0) is 14.8 Å². The van der Waals surface area contributed by atoms with E-state index in [-0.39, 0.29) is 0 Å². The highest BCUT2D eigenvalue weighted by molar-refractivity contribution is 7.92. The second-order valence-corrected chi connectivity index (χ2v) is 8.03. The van der Waals surface area contributed by atoms with Gasteiger partial charge in [-0.05, 0) is 50.1 Å². The number of ether oxygens (including phenoxy) is 1. The fourth-order valence-corrected chi connectivity index (χ4v) is 3.85. The van der Waals surface area contributed by atoms with Crippen LogP contribution >= 0.6 is 0 Å². The van der Waals surface area contributed by atoms with Crippen molar-refractivity contribution in [1.82, 2.24) is 0 Å². The summed E-state index contributed by atoms with van der Waals surface area (Å²) in [5, 5.41) is 2.83. The average Bonchev–Trinajstić information content (AvgIpc) is 2.58. The fraction of sp³-hybridized carbons (Fsp3) is 0.316. The molecule has 0 aliphatic rings. The molecular weight excluding hydrogens is 352 g/mol. The number of nitrogens with one attached hydrogen (secondary N) is 1. The van der Waals surface area contributed by atoms with E-state index in [0.717, 1.165) is 21.7 Å². The third-order valence-electron chi connectivity index (χ3n) is 4.26. The maximum atomic E-state index is 12.7. The number of hydrogen-bond donors (Lipinski definition) is 1. The molecule has 0 saturated carbocycles. The van der Waals surface area contributed by atoms with Gasteiger partial charge in [-0.15, -0.1) is 0 Å². The number of anilines is 2. The van der Waals surface area contributed by atoms with Gasteiger partial charge in [0.2, 0.25) is 15.9 Å². The van der Waals surface area contributed by atoms with Crippen molar-refractivity contribution in [3.05, 3.63) is 53.6 Å². The Hall–Kier alpha value is -2.54. The first-order valence-corrected chi connectivity index (χ1v) is 10.0. The van der Waals surface area contributed by atoms with Gasteiger partial charge in [0.25, 0.3) is 0 Å². The van der Waals surface area contributed by atoms with Crippen LogP contribution in [0.15, 0.2) is 42.5 Å². The predicted octanol–water partition coefficient (Wildman–Crippen LogP) is 3.11. The van der Waals surface area contributed by atoms with Gasteiger partial charge in [-0.3, -0.25) is 9.10 Å². The van der Waals surface area contributed by atoms with Crippen molar-refractivity contribution in [2.24, 2.45) is 0 Å². The van der Waals surface area contributed by atoms with Gasteiger partial charge >= 0.3 is 0 Å². The molecular formula is C19H24N2O4S. The predicted molar refractivity (Wildman–Crippen MR) is 104 cm³/mol. The summed E-state index contributed by atoms with van der Waals surface area (Å²) in [6.07, 6.45) is 1.08. The number of nitrogens with zero attached hydrogens (tertiary/aromatic N) is 1. The molecule has 0 aliphatic carbocycles. The molecule has 0 spiro atoms. The highest BCUT2D eigenvalue weighted by Gasteiger charge is 2.29. The van der Waals surface area contributed by atoms with Gasteiger partial charge in [0.1, 0.15) is 11.8 Å².